The molecule has 0 aromatic heterocycles. The third-order valence-corrected chi connectivity index (χ3v) is 6.91. The van der Waals surface area contributed by atoms with Crippen LogP contribution in [0.1, 0.15) is 63.5 Å². The van der Waals surface area contributed by atoms with Crippen LogP contribution in [-0.2, 0) is 20.9 Å². The normalized spacial score (nSPS) is 21.8. The number of aliphatic hydroxyl groups is 3. The number of methoxy groups -OCH3 is 1. The molecule has 4 atom stereocenters. The Morgan fingerprint density at radius 3 is 2.61 bits per heavy atom. The third kappa shape index (κ3) is 6.66. The number of rotatable bonds is 14. The molecule has 3 rings (SSSR count). The molecule has 1 aromatic carbocycles. The number of fused-ring (bicyclic) bond motifs is 3. The number of carbonyl (C=O) groups is 2. The predicted octanol–water partition coefficient (Wildman–Crippen LogP) is 1.64. The second-order valence-corrected chi connectivity index (χ2v) is 9.98. The molecule has 1 aliphatic heterocycles. The summed E-state index contributed by atoms with van der Waals surface area (Å²) in [5, 5.41) is 33.4. The lowest BCUT2D eigenvalue weighted by Gasteiger charge is -2.41. The molecule has 4 unspecified atom stereocenters. The summed E-state index contributed by atoms with van der Waals surface area (Å²) in [6, 6.07) is 2.60. The van der Waals surface area contributed by atoms with E-state index in [1.54, 1.807) is 23.1 Å². The molecule has 0 radical (unpaired) electrons. The van der Waals surface area contributed by atoms with Crippen LogP contribution in [0.5, 0.6) is 11.5 Å². The fourth-order valence-electron chi connectivity index (χ4n) is 5.08. The molecule has 38 heavy (non-hydrogen) atoms. The SMILES string of the molecule is CCCCC(=O)N(CCCOC(C)C)C1C=C(C(=O)NCCO)C2c3cc(CO)cc(OC)c3OC2C1O. The van der Waals surface area contributed by atoms with E-state index in [2.05, 4.69) is 5.32 Å². The first kappa shape index (κ1) is 29.9. The van der Waals surface area contributed by atoms with E-state index in [0.717, 1.165) is 6.42 Å². The monoisotopic (exact) mass is 534 g/mol. The van der Waals surface area contributed by atoms with E-state index in [1.807, 2.05) is 20.8 Å². The Labute approximate surface area is 224 Å². The molecule has 4 N–H and O–H groups in total. The first-order valence-corrected chi connectivity index (χ1v) is 13.5. The number of ether oxygens (including phenoxy) is 3. The van der Waals surface area contributed by atoms with Gasteiger partial charge in [-0.3, -0.25) is 9.59 Å². The molecule has 10 heteroatoms. The summed E-state index contributed by atoms with van der Waals surface area (Å²) < 4.78 is 17.4. The molecule has 0 saturated heterocycles. The van der Waals surface area contributed by atoms with Crippen LogP contribution in [0.25, 0.3) is 0 Å². The van der Waals surface area contributed by atoms with Crippen LogP contribution in [0.3, 0.4) is 0 Å². The van der Waals surface area contributed by atoms with Crippen molar-refractivity contribution in [2.45, 2.75) is 83.3 Å². The van der Waals surface area contributed by atoms with Crippen molar-refractivity contribution in [1.82, 2.24) is 10.2 Å². The zero-order valence-electron chi connectivity index (χ0n) is 22.8. The number of nitrogens with zero attached hydrogens (tertiary/aromatic N) is 1. The molecular formula is C28H42N2O8. The fraction of sp³-hybridized carbons (Fsp3) is 0.643. The highest BCUT2D eigenvalue weighted by molar-refractivity contribution is 5.96. The van der Waals surface area contributed by atoms with Gasteiger partial charge in [0.2, 0.25) is 11.8 Å². The number of hydrogen-bond donors (Lipinski definition) is 4. The second kappa shape index (κ2) is 13.9. The summed E-state index contributed by atoms with van der Waals surface area (Å²) in [5.74, 6) is -0.385. The van der Waals surface area contributed by atoms with E-state index in [9.17, 15) is 24.9 Å². The number of nitrogens with one attached hydrogen (secondary N) is 1. The molecule has 1 aliphatic carbocycles. The van der Waals surface area contributed by atoms with E-state index in [1.165, 1.54) is 7.11 Å². The number of aliphatic hydroxyl groups excluding tert-OH is 3. The van der Waals surface area contributed by atoms with Crippen molar-refractivity contribution in [3.05, 3.63) is 34.9 Å². The van der Waals surface area contributed by atoms with E-state index >= 15 is 0 Å². The van der Waals surface area contributed by atoms with Crippen molar-refractivity contribution in [3.8, 4) is 11.5 Å². The molecule has 1 heterocycles. The topological polar surface area (TPSA) is 138 Å². The maximum Gasteiger partial charge on any atom is 0.247 e. The number of unbranched alkanes of at least 4 members (excludes halogenated alkanes) is 1. The van der Waals surface area contributed by atoms with Crippen LogP contribution in [-0.4, -0.2) is 89.8 Å². The van der Waals surface area contributed by atoms with Gasteiger partial charge < -0.3 is 39.7 Å². The Morgan fingerprint density at radius 1 is 1.21 bits per heavy atom. The minimum Gasteiger partial charge on any atom is -0.493 e. The molecule has 212 valence electrons. The van der Waals surface area contributed by atoms with Crippen LogP contribution in [0.4, 0.5) is 0 Å². The summed E-state index contributed by atoms with van der Waals surface area (Å²) in [6.45, 7) is 6.30. The van der Waals surface area contributed by atoms with Gasteiger partial charge in [0, 0.05) is 37.3 Å². The van der Waals surface area contributed by atoms with E-state index < -0.39 is 30.1 Å². The first-order valence-electron chi connectivity index (χ1n) is 13.5. The lowest BCUT2D eigenvalue weighted by Crippen LogP contribution is -2.56. The Hall–Kier alpha value is -2.66. The highest BCUT2D eigenvalue weighted by Gasteiger charge is 2.51. The van der Waals surface area contributed by atoms with Crippen LogP contribution in [0, 0.1) is 0 Å². The molecule has 0 spiro atoms. The van der Waals surface area contributed by atoms with Gasteiger partial charge in [0.05, 0.1) is 38.4 Å². The Kier molecular flexibility index (Phi) is 11.0. The summed E-state index contributed by atoms with van der Waals surface area (Å²) in [5.41, 5.74) is 1.54. The van der Waals surface area contributed by atoms with Crippen molar-refractivity contribution in [1.29, 1.82) is 0 Å². The van der Waals surface area contributed by atoms with Crippen LogP contribution >= 0.6 is 0 Å². The summed E-state index contributed by atoms with van der Waals surface area (Å²) in [6.07, 6.45) is 2.20. The zero-order chi connectivity index (χ0) is 27.8. The second-order valence-electron chi connectivity index (χ2n) is 9.98. The highest BCUT2D eigenvalue weighted by atomic mass is 16.5. The van der Waals surface area contributed by atoms with Crippen LogP contribution in [0.15, 0.2) is 23.8 Å². The van der Waals surface area contributed by atoms with Crippen molar-refractivity contribution in [3.63, 3.8) is 0 Å². The van der Waals surface area contributed by atoms with E-state index in [0.29, 0.717) is 60.6 Å². The number of carbonyl (C=O) groups excluding carboxylic acids is 2. The van der Waals surface area contributed by atoms with Crippen molar-refractivity contribution in [2.75, 3.05) is 33.4 Å². The van der Waals surface area contributed by atoms with Gasteiger partial charge >= 0.3 is 0 Å². The fourth-order valence-corrected chi connectivity index (χ4v) is 5.08. The van der Waals surface area contributed by atoms with Gasteiger partial charge in [0.25, 0.3) is 0 Å². The van der Waals surface area contributed by atoms with Gasteiger partial charge in [-0.15, -0.1) is 0 Å². The molecule has 0 bridgehead atoms. The minimum absolute atomic E-state index is 0.0557. The molecule has 2 amide bonds. The van der Waals surface area contributed by atoms with E-state index in [-0.39, 0.29) is 31.8 Å². The third-order valence-electron chi connectivity index (χ3n) is 6.91. The number of benzene rings is 1. The van der Waals surface area contributed by atoms with Crippen molar-refractivity contribution in [2.24, 2.45) is 0 Å². The van der Waals surface area contributed by atoms with Gasteiger partial charge in [-0.2, -0.15) is 0 Å². The largest absolute Gasteiger partial charge is 0.493 e. The van der Waals surface area contributed by atoms with Crippen LogP contribution < -0.4 is 14.8 Å². The maximum absolute atomic E-state index is 13.3. The Morgan fingerprint density at radius 2 is 1.97 bits per heavy atom. The Balaban J connectivity index is 2.03. The standard InChI is InChI=1S/C28H42N2O8/c1-5-6-8-23(33)30(10-7-12-37-17(2)3)21-15-20(28(35)29-9-11-31)24-19-13-18(16-32)14-22(36-4)26(19)38-27(24)25(21)34/h13-15,17,21,24-25,27,31-32,34H,5-12,16H2,1-4H3,(H,29,35). The summed E-state index contributed by atoms with van der Waals surface area (Å²) in [4.78, 5) is 28.3. The van der Waals surface area contributed by atoms with Gasteiger partial charge in [0.1, 0.15) is 12.2 Å². The van der Waals surface area contributed by atoms with Gasteiger partial charge in [-0.05, 0) is 50.5 Å². The zero-order valence-corrected chi connectivity index (χ0v) is 22.8. The number of amides is 2. The maximum atomic E-state index is 13.3. The van der Waals surface area contributed by atoms with Crippen molar-refractivity contribution < 1.29 is 39.1 Å². The lowest BCUT2D eigenvalue weighted by molar-refractivity contribution is -0.137. The molecule has 2 aliphatic rings. The highest BCUT2D eigenvalue weighted by Crippen LogP contribution is 2.51. The van der Waals surface area contributed by atoms with Crippen molar-refractivity contribution >= 4 is 11.8 Å². The van der Waals surface area contributed by atoms with E-state index in [4.69, 9.17) is 14.2 Å². The summed E-state index contributed by atoms with van der Waals surface area (Å²) in [7, 11) is 1.49. The molecule has 10 nitrogen and oxygen atoms in total. The summed E-state index contributed by atoms with van der Waals surface area (Å²) >= 11 is 0. The average molecular weight is 535 g/mol. The van der Waals surface area contributed by atoms with Gasteiger partial charge in [-0.1, -0.05) is 13.3 Å². The average Bonchev–Trinajstić information content (AvgIpc) is 3.30. The lowest BCUT2D eigenvalue weighted by atomic mass is 9.77. The molecular weight excluding hydrogens is 492 g/mol. The predicted molar refractivity (Wildman–Crippen MR) is 141 cm³/mol. The molecule has 1 aromatic rings. The van der Waals surface area contributed by atoms with Crippen LogP contribution in [0.2, 0.25) is 0 Å². The quantitative estimate of drug-likeness (QED) is 0.265. The number of hydrogen-bond acceptors (Lipinski definition) is 8. The molecule has 0 saturated carbocycles. The Bertz CT molecular complexity index is 995. The van der Waals surface area contributed by atoms with Gasteiger partial charge in [0.15, 0.2) is 11.5 Å². The smallest absolute Gasteiger partial charge is 0.247 e. The van der Waals surface area contributed by atoms with Gasteiger partial charge in [-0.25, -0.2) is 0 Å². The molecule has 0 fully saturated rings. The first-order chi connectivity index (χ1) is 18.3. The minimum atomic E-state index is -1.12.